The standard InChI is InChI=1S/C17H14N2O2/c1-12(20)19-15-9-7-14(8-10-15)17-18-11-16(21-17)13-5-3-2-4-6-13/h2-11H,1H3,(H,19,20). The Morgan fingerprint density at radius 1 is 1.00 bits per heavy atom. The second-order valence-corrected chi connectivity index (χ2v) is 4.65. The van der Waals surface area contributed by atoms with Crippen LogP contribution in [0.25, 0.3) is 22.8 Å². The summed E-state index contributed by atoms with van der Waals surface area (Å²) >= 11 is 0. The summed E-state index contributed by atoms with van der Waals surface area (Å²) in [5.74, 6) is 1.20. The van der Waals surface area contributed by atoms with Gasteiger partial charge in [0.15, 0.2) is 5.76 Å². The van der Waals surface area contributed by atoms with Crippen LogP contribution in [0.1, 0.15) is 6.92 Å². The average Bonchev–Trinajstić information content (AvgIpc) is 2.98. The highest BCUT2D eigenvalue weighted by atomic mass is 16.4. The zero-order valence-electron chi connectivity index (χ0n) is 11.5. The first-order valence-corrected chi connectivity index (χ1v) is 6.61. The van der Waals surface area contributed by atoms with E-state index in [1.165, 1.54) is 6.92 Å². The smallest absolute Gasteiger partial charge is 0.226 e. The minimum Gasteiger partial charge on any atom is -0.436 e. The van der Waals surface area contributed by atoms with Crippen LogP contribution in [0.2, 0.25) is 0 Å². The number of oxazole rings is 1. The third-order valence-corrected chi connectivity index (χ3v) is 3.02. The molecule has 3 rings (SSSR count). The maximum Gasteiger partial charge on any atom is 0.226 e. The quantitative estimate of drug-likeness (QED) is 0.788. The maximum absolute atomic E-state index is 11.0. The normalized spacial score (nSPS) is 10.3. The summed E-state index contributed by atoms with van der Waals surface area (Å²) in [4.78, 5) is 15.3. The Labute approximate surface area is 122 Å². The number of aromatic nitrogens is 1. The van der Waals surface area contributed by atoms with Gasteiger partial charge in [0.1, 0.15) is 0 Å². The van der Waals surface area contributed by atoms with Gasteiger partial charge in [0, 0.05) is 23.7 Å². The second kappa shape index (κ2) is 5.63. The fourth-order valence-corrected chi connectivity index (χ4v) is 2.04. The fraction of sp³-hybridized carbons (Fsp3) is 0.0588. The summed E-state index contributed by atoms with van der Waals surface area (Å²) in [5, 5.41) is 2.72. The minimum atomic E-state index is -0.0924. The van der Waals surface area contributed by atoms with Gasteiger partial charge in [-0.2, -0.15) is 0 Å². The van der Waals surface area contributed by atoms with E-state index in [-0.39, 0.29) is 5.91 Å². The molecule has 0 fully saturated rings. The van der Waals surface area contributed by atoms with E-state index in [4.69, 9.17) is 4.42 Å². The summed E-state index contributed by atoms with van der Waals surface area (Å²) in [6, 6.07) is 17.2. The lowest BCUT2D eigenvalue weighted by Crippen LogP contribution is -2.05. The van der Waals surface area contributed by atoms with Crippen LogP contribution in [-0.2, 0) is 4.79 Å². The third-order valence-electron chi connectivity index (χ3n) is 3.02. The molecular weight excluding hydrogens is 264 g/mol. The molecule has 1 aromatic heterocycles. The van der Waals surface area contributed by atoms with Crippen molar-refractivity contribution in [1.29, 1.82) is 0 Å². The molecule has 0 unspecified atom stereocenters. The van der Waals surface area contributed by atoms with Crippen molar-refractivity contribution < 1.29 is 9.21 Å². The van der Waals surface area contributed by atoms with E-state index in [1.807, 2.05) is 54.6 Å². The Kier molecular flexibility index (Phi) is 3.51. The van der Waals surface area contributed by atoms with Crippen LogP contribution in [0.15, 0.2) is 65.2 Å². The van der Waals surface area contributed by atoms with Crippen LogP contribution in [0.5, 0.6) is 0 Å². The van der Waals surface area contributed by atoms with Gasteiger partial charge in [-0.3, -0.25) is 4.79 Å². The van der Waals surface area contributed by atoms with Gasteiger partial charge in [-0.15, -0.1) is 0 Å². The van der Waals surface area contributed by atoms with Crippen LogP contribution in [0.3, 0.4) is 0 Å². The Morgan fingerprint density at radius 3 is 2.38 bits per heavy atom. The van der Waals surface area contributed by atoms with Crippen LogP contribution in [0.4, 0.5) is 5.69 Å². The summed E-state index contributed by atoms with van der Waals surface area (Å²) in [7, 11) is 0. The second-order valence-electron chi connectivity index (χ2n) is 4.65. The topological polar surface area (TPSA) is 55.1 Å². The van der Waals surface area contributed by atoms with E-state index >= 15 is 0 Å². The molecule has 0 spiro atoms. The molecule has 0 saturated carbocycles. The Morgan fingerprint density at radius 2 is 1.71 bits per heavy atom. The molecule has 0 saturated heterocycles. The van der Waals surface area contributed by atoms with Crippen molar-refractivity contribution >= 4 is 11.6 Å². The number of nitrogens with zero attached hydrogens (tertiary/aromatic N) is 1. The van der Waals surface area contributed by atoms with E-state index in [0.717, 1.165) is 22.6 Å². The maximum atomic E-state index is 11.0. The van der Waals surface area contributed by atoms with Crippen molar-refractivity contribution in [2.24, 2.45) is 0 Å². The lowest BCUT2D eigenvalue weighted by molar-refractivity contribution is -0.114. The monoisotopic (exact) mass is 278 g/mol. The summed E-state index contributed by atoms with van der Waals surface area (Å²) in [6.07, 6.45) is 1.71. The molecular formula is C17H14N2O2. The third kappa shape index (κ3) is 3.00. The van der Waals surface area contributed by atoms with E-state index in [1.54, 1.807) is 6.20 Å². The van der Waals surface area contributed by atoms with Crippen LogP contribution < -0.4 is 5.32 Å². The van der Waals surface area contributed by atoms with E-state index < -0.39 is 0 Å². The molecule has 1 amide bonds. The van der Waals surface area contributed by atoms with Crippen molar-refractivity contribution in [3.05, 3.63) is 60.8 Å². The molecule has 0 aliphatic carbocycles. The van der Waals surface area contributed by atoms with Crippen molar-refractivity contribution in [1.82, 2.24) is 4.98 Å². The van der Waals surface area contributed by atoms with Crippen LogP contribution in [-0.4, -0.2) is 10.9 Å². The van der Waals surface area contributed by atoms with Crippen molar-refractivity contribution in [3.8, 4) is 22.8 Å². The Bertz CT molecular complexity index is 746. The zero-order chi connectivity index (χ0) is 14.7. The molecule has 0 radical (unpaired) electrons. The average molecular weight is 278 g/mol. The summed E-state index contributed by atoms with van der Waals surface area (Å²) in [5.41, 5.74) is 2.61. The molecule has 3 aromatic rings. The number of benzene rings is 2. The molecule has 0 bridgehead atoms. The first-order valence-electron chi connectivity index (χ1n) is 6.61. The molecule has 104 valence electrons. The lowest BCUT2D eigenvalue weighted by atomic mass is 10.2. The molecule has 4 heteroatoms. The number of hydrogen-bond acceptors (Lipinski definition) is 3. The van der Waals surface area contributed by atoms with Gasteiger partial charge in [-0.25, -0.2) is 4.98 Å². The van der Waals surface area contributed by atoms with Crippen LogP contribution in [0, 0.1) is 0 Å². The first kappa shape index (κ1) is 13.1. The zero-order valence-corrected chi connectivity index (χ0v) is 11.5. The number of carbonyl (C=O) groups excluding carboxylic acids is 1. The summed E-state index contributed by atoms with van der Waals surface area (Å²) < 4.78 is 5.78. The molecule has 1 heterocycles. The van der Waals surface area contributed by atoms with Crippen molar-refractivity contribution in [2.45, 2.75) is 6.92 Å². The first-order chi connectivity index (χ1) is 10.2. The van der Waals surface area contributed by atoms with Gasteiger partial charge in [-0.05, 0) is 24.3 Å². The predicted molar refractivity (Wildman–Crippen MR) is 81.7 cm³/mol. The summed E-state index contributed by atoms with van der Waals surface area (Å²) in [6.45, 7) is 1.48. The van der Waals surface area contributed by atoms with Crippen molar-refractivity contribution in [3.63, 3.8) is 0 Å². The number of hydrogen-bond donors (Lipinski definition) is 1. The predicted octanol–water partition coefficient (Wildman–Crippen LogP) is 3.97. The van der Waals surface area contributed by atoms with Gasteiger partial charge in [0.25, 0.3) is 0 Å². The molecule has 2 aromatic carbocycles. The molecule has 4 nitrogen and oxygen atoms in total. The van der Waals surface area contributed by atoms with Crippen LogP contribution >= 0.6 is 0 Å². The van der Waals surface area contributed by atoms with Gasteiger partial charge in [-0.1, -0.05) is 30.3 Å². The van der Waals surface area contributed by atoms with E-state index in [0.29, 0.717) is 5.89 Å². The van der Waals surface area contributed by atoms with Gasteiger partial charge in [0.05, 0.1) is 6.20 Å². The number of anilines is 1. The van der Waals surface area contributed by atoms with E-state index in [2.05, 4.69) is 10.3 Å². The number of amides is 1. The number of rotatable bonds is 3. The Balaban J connectivity index is 1.85. The van der Waals surface area contributed by atoms with Gasteiger partial charge in [0.2, 0.25) is 11.8 Å². The minimum absolute atomic E-state index is 0.0924. The molecule has 0 atom stereocenters. The molecule has 0 aliphatic rings. The molecule has 0 aliphatic heterocycles. The SMILES string of the molecule is CC(=O)Nc1ccc(-c2ncc(-c3ccccc3)o2)cc1. The number of carbonyl (C=O) groups is 1. The highest BCUT2D eigenvalue weighted by Gasteiger charge is 2.08. The highest BCUT2D eigenvalue weighted by molar-refractivity contribution is 5.88. The van der Waals surface area contributed by atoms with Gasteiger partial charge < -0.3 is 9.73 Å². The number of nitrogens with one attached hydrogen (secondary N) is 1. The largest absolute Gasteiger partial charge is 0.436 e. The highest BCUT2D eigenvalue weighted by Crippen LogP contribution is 2.26. The Hall–Kier alpha value is -2.88. The van der Waals surface area contributed by atoms with E-state index in [9.17, 15) is 4.79 Å². The molecule has 21 heavy (non-hydrogen) atoms. The molecule has 1 N–H and O–H groups in total. The fourth-order valence-electron chi connectivity index (χ4n) is 2.04. The van der Waals surface area contributed by atoms with Gasteiger partial charge >= 0.3 is 0 Å². The lowest BCUT2D eigenvalue weighted by Gasteiger charge is -2.02. The van der Waals surface area contributed by atoms with Crippen molar-refractivity contribution in [2.75, 3.05) is 5.32 Å².